The lowest BCUT2D eigenvalue weighted by Crippen LogP contribution is -2.44. The van der Waals surface area contributed by atoms with Gasteiger partial charge in [-0.1, -0.05) is 0 Å². The summed E-state index contributed by atoms with van der Waals surface area (Å²) in [6.45, 7) is 5.15. The molecule has 0 bridgehead atoms. The predicted molar refractivity (Wildman–Crippen MR) is 116 cm³/mol. The van der Waals surface area contributed by atoms with E-state index < -0.39 is 0 Å². The number of likely N-dealkylation sites (N-methyl/N-ethyl adjacent to an activating group) is 1. The first kappa shape index (κ1) is 20.0. The van der Waals surface area contributed by atoms with E-state index in [1.807, 2.05) is 6.07 Å². The third-order valence-electron chi connectivity index (χ3n) is 5.13. The summed E-state index contributed by atoms with van der Waals surface area (Å²) in [5.41, 5.74) is 2.45. The maximum absolute atomic E-state index is 14.7. The molecule has 1 saturated heterocycles. The molecule has 0 aliphatic carbocycles. The summed E-state index contributed by atoms with van der Waals surface area (Å²) >= 11 is 0. The van der Waals surface area contributed by atoms with E-state index in [9.17, 15) is 8.78 Å². The summed E-state index contributed by atoms with van der Waals surface area (Å²) in [6.07, 6.45) is 1.60. The fourth-order valence-electron chi connectivity index (χ4n) is 3.38. The van der Waals surface area contributed by atoms with E-state index in [0.717, 1.165) is 31.9 Å². The molecule has 1 aliphatic heterocycles. The number of benzene rings is 2. The quantitative estimate of drug-likeness (QED) is 0.654. The molecule has 30 heavy (non-hydrogen) atoms. The van der Waals surface area contributed by atoms with Gasteiger partial charge in [-0.25, -0.2) is 13.8 Å². The second-order valence-corrected chi connectivity index (χ2v) is 7.44. The van der Waals surface area contributed by atoms with Gasteiger partial charge in [-0.2, -0.15) is 4.98 Å². The molecule has 6 nitrogen and oxygen atoms in total. The highest BCUT2D eigenvalue weighted by molar-refractivity contribution is 5.62. The van der Waals surface area contributed by atoms with Crippen molar-refractivity contribution in [3.63, 3.8) is 0 Å². The number of hydrogen-bond donors (Lipinski definition) is 2. The van der Waals surface area contributed by atoms with Crippen LogP contribution in [0.3, 0.4) is 0 Å². The number of rotatable bonds is 5. The highest BCUT2D eigenvalue weighted by atomic mass is 19.1. The van der Waals surface area contributed by atoms with Crippen LogP contribution in [0.1, 0.15) is 5.56 Å². The van der Waals surface area contributed by atoms with Crippen molar-refractivity contribution >= 4 is 28.8 Å². The highest BCUT2D eigenvalue weighted by Crippen LogP contribution is 2.25. The largest absolute Gasteiger partial charge is 0.367 e. The summed E-state index contributed by atoms with van der Waals surface area (Å²) in [5, 5.41) is 6.16. The molecule has 3 aromatic rings. The molecule has 1 fully saturated rings. The summed E-state index contributed by atoms with van der Waals surface area (Å²) in [6, 6.07) is 11.5. The number of aromatic nitrogens is 2. The van der Waals surface area contributed by atoms with Crippen molar-refractivity contribution in [2.45, 2.75) is 6.92 Å². The maximum atomic E-state index is 14.7. The first-order chi connectivity index (χ1) is 14.5. The Labute approximate surface area is 174 Å². The lowest BCUT2D eigenvalue weighted by molar-refractivity contribution is 0.311. The number of nitrogens with zero attached hydrogens (tertiary/aromatic N) is 4. The van der Waals surface area contributed by atoms with Crippen molar-refractivity contribution in [2.24, 2.45) is 0 Å². The average molecular weight is 410 g/mol. The lowest BCUT2D eigenvalue weighted by Gasteiger charge is -2.34. The molecule has 1 aromatic heterocycles. The van der Waals surface area contributed by atoms with Crippen molar-refractivity contribution in [3.05, 3.63) is 65.9 Å². The van der Waals surface area contributed by atoms with Gasteiger partial charge in [0.25, 0.3) is 0 Å². The van der Waals surface area contributed by atoms with Gasteiger partial charge < -0.3 is 20.4 Å². The molecule has 0 atom stereocenters. The molecule has 0 spiro atoms. The van der Waals surface area contributed by atoms with Crippen LogP contribution in [0.2, 0.25) is 0 Å². The number of halogens is 2. The molecule has 8 heteroatoms. The van der Waals surface area contributed by atoms with Crippen molar-refractivity contribution in [3.8, 4) is 0 Å². The molecule has 2 heterocycles. The molecule has 4 rings (SSSR count). The van der Waals surface area contributed by atoms with Gasteiger partial charge in [-0.3, -0.25) is 0 Å². The third-order valence-corrected chi connectivity index (χ3v) is 5.13. The van der Waals surface area contributed by atoms with Crippen LogP contribution in [0.15, 0.2) is 48.7 Å². The van der Waals surface area contributed by atoms with Crippen LogP contribution in [-0.2, 0) is 0 Å². The van der Waals surface area contributed by atoms with E-state index in [0.29, 0.717) is 28.7 Å². The molecule has 1 aliphatic rings. The zero-order valence-electron chi connectivity index (χ0n) is 17.0. The Hall–Kier alpha value is -3.26. The topological polar surface area (TPSA) is 56.3 Å². The van der Waals surface area contributed by atoms with E-state index in [1.54, 1.807) is 37.4 Å². The summed E-state index contributed by atoms with van der Waals surface area (Å²) in [4.78, 5) is 12.9. The van der Waals surface area contributed by atoms with Gasteiger partial charge >= 0.3 is 0 Å². The van der Waals surface area contributed by atoms with Gasteiger partial charge in [0, 0.05) is 43.8 Å². The summed E-state index contributed by atoms with van der Waals surface area (Å²) < 4.78 is 28.1. The van der Waals surface area contributed by atoms with Crippen molar-refractivity contribution < 1.29 is 8.78 Å². The molecule has 2 aromatic carbocycles. The van der Waals surface area contributed by atoms with Crippen molar-refractivity contribution in [1.82, 2.24) is 14.9 Å². The van der Waals surface area contributed by atoms with Gasteiger partial charge in [-0.15, -0.1) is 0 Å². The van der Waals surface area contributed by atoms with Crippen LogP contribution in [-0.4, -0.2) is 48.1 Å². The predicted octanol–water partition coefficient (Wildman–Crippen LogP) is 4.30. The molecule has 0 saturated carbocycles. The number of nitrogens with one attached hydrogen (secondary N) is 2. The average Bonchev–Trinajstić information content (AvgIpc) is 2.72. The monoisotopic (exact) mass is 410 g/mol. The molecule has 0 unspecified atom stereocenters. The van der Waals surface area contributed by atoms with E-state index >= 15 is 0 Å². The zero-order chi connectivity index (χ0) is 21.1. The molecular formula is C22H24F2N6. The number of aryl methyl sites for hydroxylation is 1. The normalized spacial score (nSPS) is 14.6. The Bertz CT molecular complexity index is 1030. The Morgan fingerprint density at radius 3 is 2.33 bits per heavy atom. The van der Waals surface area contributed by atoms with Gasteiger partial charge in [0.15, 0.2) is 0 Å². The minimum absolute atomic E-state index is 0.257. The van der Waals surface area contributed by atoms with E-state index in [4.69, 9.17) is 0 Å². The van der Waals surface area contributed by atoms with Crippen LogP contribution >= 0.6 is 0 Å². The Kier molecular flexibility index (Phi) is 5.76. The smallest absolute Gasteiger partial charge is 0.229 e. The fourth-order valence-corrected chi connectivity index (χ4v) is 3.38. The lowest BCUT2D eigenvalue weighted by atomic mass is 10.2. The number of piperazine rings is 1. The molecular weight excluding hydrogens is 386 g/mol. The second-order valence-electron chi connectivity index (χ2n) is 7.44. The number of anilines is 5. The van der Waals surface area contributed by atoms with Gasteiger partial charge in [0.2, 0.25) is 5.95 Å². The molecule has 0 radical (unpaired) electrons. The van der Waals surface area contributed by atoms with Gasteiger partial charge in [0.05, 0.1) is 5.69 Å². The highest BCUT2D eigenvalue weighted by Gasteiger charge is 2.17. The molecule has 2 N–H and O–H groups in total. The Morgan fingerprint density at radius 2 is 1.60 bits per heavy atom. The van der Waals surface area contributed by atoms with Crippen LogP contribution in [0.4, 0.5) is 37.6 Å². The van der Waals surface area contributed by atoms with Crippen LogP contribution in [0, 0.1) is 18.6 Å². The minimum Gasteiger partial charge on any atom is -0.367 e. The standard InChI is InChI=1S/C22H24F2N6/c1-15-13-16(3-5-18(15)23)26-21-7-8-25-22(28-21)27-17-4-6-20(19(24)14-17)30-11-9-29(2)10-12-30/h3-8,13-14H,9-12H2,1-2H3,(H2,25,26,27,28). The Balaban J connectivity index is 1.46. The first-order valence-corrected chi connectivity index (χ1v) is 9.84. The van der Waals surface area contributed by atoms with Gasteiger partial charge in [0.1, 0.15) is 17.5 Å². The van der Waals surface area contributed by atoms with E-state index in [2.05, 4.69) is 37.4 Å². The third kappa shape index (κ3) is 4.65. The Morgan fingerprint density at radius 1 is 0.867 bits per heavy atom. The second kappa shape index (κ2) is 8.62. The summed E-state index contributed by atoms with van der Waals surface area (Å²) in [7, 11) is 2.07. The maximum Gasteiger partial charge on any atom is 0.229 e. The van der Waals surface area contributed by atoms with Gasteiger partial charge in [-0.05, 0) is 62.0 Å². The van der Waals surface area contributed by atoms with Crippen molar-refractivity contribution in [1.29, 1.82) is 0 Å². The zero-order valence-corrected chi connectivity index (χ0v) is 17.0. The number of hydrogen-bond acceptors (Lipinski definition) is 6. The SMILES string of the molecule is Cc1cc(Nc2ccnc(Nc3ccc(N4CCN(C)CC4)c(F)c3)n2)ccc1F. The van der Waals surface area contributed by atoms with Crippen LogP contribution < -0.4 is 15.5 Å². The van der Waals surface area contributed by atoms with E-state index in [1.165, 1.54) is 12.1 Å². The molecule has 0 amide bonds. The van der Waals surface area contributed by atoms with E-state index in [-0.39, 0.29) is 11.6 Å². The first-order valence-electron chi connectivity index (χ1n) is 9.84. The summed E-state index contributed by atoms with van der Waals surface area (Å²) in [5.74, 6) is 0.354. The minimum atomic E-state index is -0.277. The van der Waals surface area contributed by atoms with Crippen molar-refractivity contribution in [2.75, 3.05) is 48.8 Å². The fraction of sp³-hybridized carbons (Fsp3) is 0.273. The van der Waals surface area contributed by atoms with Crippen LogP contribution in [0.5, 0.6) is 0 Å². The molecule has 156 valence electrons. The van der Waals surface area contributed by atoms with Crippen LogP contribution in [0.25, 0.3) is 0 Å².